The minimum atomic E-state index is -0.656. The quantitative estimate of drug-likeness (QED) is 0.473. The number of amides is 1. The molecule has 0 saturated carbocycles. The molecular weight excluding hydrogens is 416 g/mol. The zero-order valence-electron chi connectivity index (χ0n) is 18.2. The number of rotatable bonds is 6. The number of nitrogens with zero attached hydrogens (tertiary/aromatic N) is 1. The van der Waals surface area contributed by atoms with Gasteiger partial charge in [0, 0.05) is 6.54 Å². The summed E-state index contributed by atoms with van der Waals surface area (Å²) in [5.41, 5.74) is 2.48. The van der Waals surface area contributed by atoms with Crippen molar-refractivity contribution < 1.29 is 14.7 Å². The smallest absolute Gasteiger partial charge is 0.270 e. The number of aromatic nitrogens is 1. The lowest BCUT2D eigenvalue weighted by atomic mass is 10.1. The fourth-order valence-electron chi connectivity index (χ4n) is 3.71. The van der Waals surface area contributed by atoms with E-state index in [0.717, 1.165) is 16.6 Å². The number of phenols is 1. The monoisotopic (exact) mass is 440 g/mol. The number of nitrogens with one attached hydrogen (secondary N) is 1. The third-order valence-corrected chi connectivity index (χ3v) is 5.58. The van der Waals surface area contributed by atoms with Gasteiger partial charge in [-0.25, -0.2) is 4.57 Å². The maximum absolute atomic E-state index is 13.2. The number of carbonyl (C=O) groups is 2. The Hall–Kier alpha value is -4.19. The van der Waals surface area contributed by atoms with Crippen LogP contribution >= 0.6 is 0 Å². The summed E-state index contributed by atoms with van der Waals surface area (Å²) in [5, 5.41) is 12.9. The third kappa shape index (κ3) is 4.85. The second kappa shape index (κ2) is 9.53. The highest BCUT2D eigenvalue weighted by Crippen LogP contribution is 2.16. The molecule has 6 nitrogen and oxygen atoms in total. The molecule has 4 rings (SSSR count). The van der Waals surface area contributed by atoms with Gasteiger partial charge >= 0.3 is 0 Å². The van der Waals surface area contributed by atoms with Gasteiger partial charge in [0.2, 0.25) is 5.91 Å². The highest BCUT2D eigenvalue weighted by Gasteiger charge is 2.19. The molecule has 0 aliphatic heterocycles. The largest absolute Gasteiger partial charge is 0.508 e. The van der Waals surface area contributed by atoms with Crippen LogP contribution in [0.3, 0.4) is 0 Å². The Balaban J connectivity index is 1.65. The molecule has 0 fully saturated rings. The fraction of sp³-hybridized carbons (Fsp3) is 0.148. The summed E-state index contributed by atoms with van der Waals surface area (Å²) >= 11 is 0. The van der Waals surface area contributed by atoms with E-state index in [4.69, 9.17) is 0 Å². The molecule has 0 aliphatic rings. The van der Waals surface area contributed by atoms with Crippen molar-refractivity contribution in [3.05, 3.63) is 111 Å². The Kier molecular flexibility index (Phi) is 6.36. The first-order valence-corrected chi connectivity index (χ1v) is 10.8. The summed E-state index contributed by atoms with van der Waals surface area (Å²) in [5.74, 6) is -0.889. The zero-order valence-corrected chi connectivity index (χ0v) is 18.2. The van der Waals surface area contributed by atoms with Crippen LogP contribution in [-0.2, 0) is 19.4 Å². The van der Waals surface area contributed by atoms with Crippen LogP contribution in [0.15, 0.2) is 83.7 Å². The van der Waals surface area contributed by atoms with E-state index < -0.39 is 17.4 Å². The summed E-state index contributed by atoms with van der Waals surface area (Å²) in [4.78, 5) is 39.3. The topological polar surface area (TPSA) is 88.4 Å². The Morgan fingerprint density at radius 2 is 1.52 bits per heavy atom. The number of para-hydroxylation sites is 1. The normalized spacial score (nSPS) is 10.8. The van der Waals surface area contributed by atoms with Gasteiger partial charge in [-0.3, -0.25) is 14.4 Å². The number of phenolic OH excluding ortho intramolecular Hbond substituents is 1. The first-order chi connectivity index (χ1) is 16.0. The minimum Gasteiger partial charge on any atom is -0.508 e. The molecule has 1 amide bonds. The summed E-state index contributed by atoms with van der Waals surface area (Å²) < 4.78 is 1.06. The van der Waals surface area contributed by atoms with Crippen molar-refractivity contribution >= 4 is 22.7 Å². The lowest BCUT2D eigenvalue weighted by molar-refractivity contribution is 0.0914. The number of aryl methyl sites for hydroxylation is 1. The summed E-state index contributed by atoms with van der Waals surface area (Å²) in [6, 6.07) is 22.6. The Bertz CT molecular complexity index is 1370. The van der Waals surface area contributed by atoms with E-state index >= 15 is 0 Å². The average Bonchev–Trinajstić information content (AvgIpc) is 2.83. The summed E-state index contributed by atoms with van der Waals surface area (Å²) in [7, 11) is 0. The second-order valence-corrected chi connectivity index (χ2v) is 7.85. The molecule has 1 aromatic heterocycles. The number of hydrogen-bond acceptors (Lipinski definition) is 4. The number of pyridine rings is 1. The molecule has 0 aliphatic carbocycles. The lowest BCUT2D eigenvalue weighted by Crippen LogP contribution is -2.36. The number of aromatic hydroxyl groups is 1. The van der Waals surface area contributed by atoms with E-state index in [1.165, 1.54) is 23.8 Å². The molecule has 166 valence electrons. The first-order valence-electron chi connectivity index (χ1n) is 10.8. The molecule has 0 bridgehead atoms. The van der Waals surface area contributed by atoms with Crippen LogP contribution in [-0.4, -0.2) is 21.5 Å². The maximum Gasteiger partial charge on any atom is 0.270 e. The van der Waals surface area contributed by atoms with Crippen molar-refractivity contribution in [3.8, 4) is 5.75 Å². The van der Waals surface area contributed by atoms with Crippen molar-refractivity contribution in [2.45, 2.75) is 26.3 Å². The van der Waals surface area contributed by atoms with Crippen molar-refractivity contribution in [1.29, 1.82) is 0 Å². The number of hydrogen-bond donors (Lipinski definition) is 2. The highest BCUT2D eigenvalue weighted by atomic mass is 16.3. The van der Waals surface area contributed by atoms with Gasteiger partial charge in [-0.1, -0.05) is 61.5 Å². The predicted molar refractivity (Wildman–Crippen MR) is 128 cm³/mol. The van der Waals surface area contributed by atoms with Crippen LogP contribution in [0.1, 0.15) is 38.8 Å². The predicted octanol–water partition coefficient (Wildman–Crippen LogP) is 4.08. The van der Waals surface area contributed by atoms with Crippen molar-refractivity contribution in [2.24, 2.45) is 0 Å². The SMILES string of the molecule is CCc1ccc(CNC(=O)c2cc3ccccc3n(C(=O)Cc3ccc(O)cc3)c2=O)cc1. The molecular formula is C27H24N2O4. The number of fused-ring (bicyclic) bond motifs is 1. The molecule has 1 heterocycles. The van der Waals surface area contributed by atoms with Gasteiger partial charge in [0.15, 0.2) is 0 Å². The Morgan fingerprint density at radius 3 is 2.21 bits per heavy atom. The molecule has 3 aromatic carbocycles. The first kappa shape index (κ1) is 22.0. The second-order valence-electron chi connectivity index (χ2n) is 7.85. The van der Waals surface area contributed by atoms with Crippen molar-refractivity contribution in [1.82, 2.24) is 9.88 Å². The molecule has 2 N–H and O–H groups in total. The van der Waals surface area contributed by atoms with Crippen molar-refractivity contribution in [2.75, 3.05) is 0 Å². The Morgan fingerprint density at radius 1 is 0.879 bits per heavy atom. The van der Waals surface area contributed by atoms with Crippen LogP contribution in [0.4, 0.5) is 0 Å². The Labute approximate surface area is 191 Å². The number of benzene rings is 3. The lowest BCUT2D eigenvalue weighted by Gasteiger charge is -2.12. The van der Waals surface area contributed by atoms with Gasteiger partial charge in [0.25, 0.3) is 11.5 Å². The van der Waals surface area contributed by atoms with E-state index in [0.29, 0.717) is 16.5 Å². The fourth-order valence-corrected chi connectivity index (χ4v) is 3.71. The van der Waals surface area contributed by atoms with Crippen molar-refractivity contribution in [3.63, 3.8) is 0 Å². The molecule has 0 unspecified atom stereocenters. The van der Waals surface area contributed by atoms with Crippen LogP contribution < -0.4 is 10.9 Å². The molecule has 33 heavy (non-hydrogen) atoms. The van der Waals surface area contributed by atoms with Gasteiger partial charge in [0.1, 0.15) is 11.3 Å². The van der Waals surface area contributed by atoms with E-state index in [-0.39, 0.29) is 24.3 Å². The average molecular weight is 440 g/mol. The summed E-state index contributed by atoms with van der Waals surface area (Å²) in [6.07, 6.45) is 0.889. The van der Waals surface area contributed by atoms with Crippen LogP contribution in [0.25, 0.3) is 10.9 Å². The van der Waals surface area contributed by atoms with Crippen LogP contribution in [0, 0.1) is 0 Å². The van der Waals surface area contributed by atoms with E-state index in [9.17, 15) is 19.5 Å². The van der Waals surface area contributed by atoms with Gasteiger partial charge < -0.3 is 10.4 Å². The van der Waals surface area contributed by atoms with Gasteiger partial charge in [0.05, 0.1) is 11.9 Å². The molecule has 0 radical (unpaired) electrons. The molecule has 0 spiro atoms. The number of carbonyl (C=O) groups excluding carboxylic acids is 2. The maximum atomic E-state index is 13.2. The highest BCUT2D eigenvalue weighted by molar-refractivity contribution is 6.00. The molecule has 4 aromatic rings. The van der Waals surface area contributed by atoms with Gasteiger partial charge in [-0.2, -0.15) is 0 Å². The standard InChI is InChI=1S/C27H24N2O4/c1-2-18-7-9-20(10-8-18)17-28-26(32)23-16-21-5-3-4-6-24(21)29(27(23)33)25(31)15-19-11-13-22(30)14-12-19/h3-14,16,30H,2,15,17H2,1H3,(H,28,32). The van der Waals surface area contributed by atoms with Gasteiger partial charge in [-0.05, 0) is 52.8 Å². The van der Waals surface area contributed by atoms with Crippen LogP contribution in [0.2, 0.25) is 0 Å². The zero-order chi connectivity index (χ0) is 23.4. The van der Waals surface area contributed by atoms with E-state index in [1.807, 2.05) is 24.3 Å². The summed E-state index contributed by atoms with van der Waals surface area (Å²) in [6.45, 7) is 2.35. The molecule has 0 saturated heterocycles. The molecule has 0 atom stereocenters. The minimum absolute atomic E-state index is 0.0426. The van der Waals surface area contributed by atoms with Gasteiger partial charge in [-0.15, -0.1) is 0 Å². The third-order valence-electron chi connectivity index (χ3n) is 5.58. The van der Waals surface area contributed by atoms with Crippen LogP contribution in [0.5, 0.6) is 5.75 Å². The van der Waals surface area contributed by atoms with E-state index in [1.54, 1.807) is 36.4 Å². The molecule has 6 heteroatoms. The van der Waals surface area contributed by atoms with E-state index in [2.05, 4.69) is 12.2 Å².